The molecule has 1 atom stereocenters. The molecule has 4 rings (SSSR count). The second-order valence-corrected chi connectivity index (χ2v) is 7.11. The van der Waals surface area contributed by atoms with Crippen molar-refractivity contribution in [1.29, 1.82) is 0 Å². The van der Waals surface area contributed by atoms with Crippen molar-refractivity contribution in [3.05, 3.63) is 81.8 Å². The first-order chi connectivity index (χ1) is 14.4. The summed E-state index contributed by atoms with van der Waals surface area (Å²) in [6.07, 6.45) is 1.42. The number of aromatic nitrogens is 4. The zero-order chi connectivity index (χ0) is 21.4. The van der Waals surface area contributed by atoms with E-state index in [9.17, 15) is 14.4 Å². The van der Waals surface area contributed by atoms with Crippen LogP contribution in [-0.2, 0) is 18.9 Å². The molecule has 2 aromatic carbocycles. The van der Waals surface area contributed by atoms with Crippen molar-refractivity contribution in [3.8, 4) is 11.1 Å². The van der Waals surface area contributed by atoms with E-state index >= 15 is 0 Å². The lowest BCUT2D eigenvalue weighted by molar-refractivity contribution is -0.118. The lowest BCUT2D eigenvalue weighted by Crippen LogP contribution is -2.38. The van der Waals surface area contributed by atoms with E-state index in [-0.39, 0.29) is 17.1 Å². The van der Waals surface area contributed by atoms with Crippen molar-refractivity contribution < 1.29 is 4.79 Å². The minimum atomic E-state index is -0.718. The highest BCUT2D eigenvalue weighted by molar-refractivity contribution is 5.98. The molecule has 0 aliphatic rings. The van der Waals surface area contributed by atoms with Gasteiger partial charge in [0.1, 0.15) is 6.04 Å². The molecular formula is C22H21N5O3. The summed E-state index contributed by atoms with van der Waals surface area (Å²) in [6.45, 7) is 1.69. The van der Waals surface area contributed by atoms with Crippen LogP contribution < -0.4 is 16.6 Å². The molecule has 0 saturated heterocycles. The Kier molecular flexibility index (Phi) is 4.83. The Morgan fingerprint density at radius 1 is 0.967 bits per heavy atom. The summed E-state index contributed by atoms with van der Waals surface area (Å²) in [7, 11) is 2.95. The summed E-state index contributed by atoms with van der Waals surface area (Å²) in [5.74, 6) is -0.298. The van der Waals surface area contributed by atoms with Gasteiger partial charge in [0, 0.05) is 25.3 Å². The third-order valence-corrected chi connectivity index (χ3v) is 5.24. The number of amides is 1. The van der Waals surface area contributed by atoms with Gasteiger partial charge in [-0.15, -0.1) is 0 Å². The molecule has 2 heterocycles. The van der Waals surface area contributed by atoms with E-state index in [1.54, 1.807) is 14.0 Å². The maximum atomic E-state index is 13.0. The van der Waals surface area contributed by atoms with Crippen LogP contribution in [0.2, 0.25) is 0 Å². The van der Waals surface area contributed by atoms with Crippen molar-refractivity contribution in [3.63, 3.8) is 0 Å². The molecule has 8 heteroatoms. The molecule has 0 bridgehead atoms. The van der Waals surface area contributed by atoms with E-state index in [4.69, 9.17) is 0 Å². The molecule has 2 aromatic heterocycles. The quantitative estimate of drug-likeness (QED) is 0.566. The first kappa shape index (κ1) is 19.4. The number of nitrogens with one attached hydrogen (secondary N) is 1. The van der Waals surface area contributed by atoms with Crippen LogP contribution in [0.4, 0.5) is 5.69 Å². The van der Waals surface area contributed by atoms with Crippen LogP contribution in [0.5, 0.6) is 0 Å². The second-order valence-electron chi connectivity index (χ2n) is 7.11. The van der Waals surface area contributed by atoms with Gasteiger partial charge in [0.05, 0.1) is 6.33 Å². The summed E-state index contributed by atoms with van der Waals surface area (Å²) >= 11 is 0. The number of aryl methyl sites for hydroxylation is 1. The highest BCUT2D eigenvalue weighted by Gasteiger charge is 2.22. The predicted molar refractivity (Wildman–Crippen MR) is 115 cm³/mol. The molecule has 1 N–H and O–H groups in total. The number of fused-ring (bicyclic) bond motifs is 1. The monoisotopic (exact) mass is 403 g/mol. The molecule has 30 heavy (non-hydrogen) atoms. The van der Waals surface area contributed by atoms with Gasteiger partial charge in [0.15, 0.2) is 11.2 Å². The lowest BCUT2D eigenvalue weighted by atomic mass is 10.0. The Morgan fingerprint density at radius 2 is 1.63 bits per heavy atom. The van der Waals surface area contributed by atoms with E-state index in [1.807, 2.05) is 54.6 Å². The molecule has 8 nitrogen and oxygen atoms in total. The predicted octanol–water partition coefficient (Wildman–Crippen LogP) is 2.30. The number of anilines is 1. The smallest absolute Gasteiger partial charge is 0.324 e. The number of carbonyl (C=O) groups is 1. The topological polar surface area (TPSA) is 90.9 Å². The Labute approximate surface area is 172 Å². The van der Waals surface area contributed by atoms with Crippen molar-refractivity contribution in [2.45, 2.75) is 13.0 Å². The average Bonchev–Trinajstić information content (AvgIpc) is 3.22. The van der Waals surface area contributed by atoms with Crippen LogP contribution in [0, 0.1) is 0 Å². The fourth-order valence-corrected chi connectivity index (χ4v) is 3.48. The number of imidazole rings is 1. The van der Waals surface area contributed by atoms with E-state index < -0.39 is 17.3 Å². The molecule has 0 unspecified atom stereocenters. The number of hydrogen-bond acceptors (Lipinski definition) is 4. The van der Waals surface area contributed by atoms with Gasteiger partial charge in [-0.1, -0.05) is 48.5 Å². The number of carbonyl (C=O) groups excluding carboxylic acids is 1. The van der Waals surface area contributed by atoms with Crippen LogP contribution in [-0.4, -0.2) is 24.6 Å². The van der Waals surface area contributed by atoms with Crippen molar-refractivity contribution >= 4 is 22.8 Å². The minimum absolute atomic E-state index is 0.207. The highest BCUT2D eigenvalue weighted by Crippen LogP contribution is 2.28. The van der Waals surface area contributed by atoms with Crippen LogP contribution in [0.15, 0.2) is 70.5 Å². The summed E-state index contributed by atoms with van der Waals surface area (Å²) in [5, 5.41) is 2.96. The number of rotatable bonds is 4. The highest BCUT2D eigenvalue weighted by atomic mass is 16.2. The van der Waals surface area contributed by atoms with Gasteiger partial charge in [0.2, 0.25) is 5.91 Å². The standard InChI is InChI=1S/C22H21N5O3/c1-14(27-13-23-19-18(27)21(29)26(3)22(30)25(19)2)20(28)24-17-12-8-7-11-16(17)15-9-5-4-6-10-15/h4-14H,1-3H3,(H,24,28)/t14-/m0/s1. The fraction of sp³-hybridized carbons (Fsp3) is 0.182. The normalized spacial score (nSPS) is 12.1. The first-order valence-electron chi connectivity index (χ1n) is 9.48. The van der Waals surface area contributed by atoms with E-state index in [1.165, 1.54) is 22.5 Å². The maximum absolute atomic E-state index is 13.0. The van der Waals surface area contributed by atoms with Crippen LogP contribution in [0.1, 0.15) is 13.0 Å². The lowest BCUT2D eigenvalue weighted by Gasteiger charge is -2.17. The maximum Gasteiger partial charge on any atom is 0.332 e. The van der Waals surface area contributed by atoms with Gasteiger partial charge < -0.3 is 9.88 Å². The van der Waals surface area contributed by atoms with Crippen molar-refractivity contribution in [1.82, 2.24) is 18.7 Å². The Hall–Kier alpha value is -3.94. The summed E-state index contributed by atoms with van der Waals surface area (Å²) < 4.78 is 3.80. The van der Waals surface area contributed by atoms with Gasteiger partial charge in [-0.25, -0.2) is 9.78 Å². The number of benzene rings is 2. The fourth-order valence-electron chi connectivity index (χ4n) is 3.48. The first-order valence-corrected chi connectivity index (χ1v) is 9.48. The van der Waals surface area contributed by atoms with Crippen LogP contribution in [0.25, 0.3) is 22.3 Å². The van der Waals surface area contributed by atoms with E-state index in [0.717, 1.165) is 15.7 Å². The third-order valence-electron chi connectivity index (χ3n) is 5.24. The van der Waals surface area contributed by atoms with Crippen LogP contribution >= 0.6 is 0 Å². The Morgan fingerprint density at radius 3 is 2.37 bits per heavy atom. The van der Waals surface area contributed by atoms with Gasteiger partial charge in [-0.05, 0) is 18.6 Å². The van der Waals surface area contributed by atoms with E-state index in [0.29, 0.717) is 5.69 Å². The summed E-state index contributed by atoms with van der Waals surface area (Å²) in [5.41, 5.74) is 2.04. The molecule has 0 aliphatic heterocycles. The number of para-hydroxylation sites is 1. The van der Waals surface area contributed by atoms with Crippen molar-refractivity contribution in [2.75, 3.05) is 5.32 Å². The number of hydrogen-bond donors (Lipinski definition) is 1. The largest absolute Gasteiger partial charge is 0.332 e. The minimum Gasteiger partial charge on any atom is -0.324 e. The molecule has 152 valence electrons. The summed E-state index contributed by atoms with van der Waals surface area (Å²) in [6, 6.07) is 16.6. The van der Waals surface area contributed by atoms with Crippen LogP contribution in [0.3, 0.4) is 0 Å². The number of nitrogens with zero attached hydrogens (tertiary/aromatic N) is 4. The third kappa shape index (κ3) is 3.12. The average molecular weight is 403 g/mol. The van der Waals surface area contributed by atoms with Gasteiger partial charge >= 0.3 is 5.69 Å². The Balaban J connectivity index is 1.72. The molecular weight excluding hydrogens is 382 g/mol. The van der Waals surface area contributed by atoms with Crippen molar-refractivity contribution in [2.24, 2.45) is 14.1 Å². The molecule has 1 amide bonds. The zero-order valence-electron chi connectivity index (χ0n) is 16.9. The molecule has 4 aromatic rings. The van der Waals surface area contributed by atoms with Gasteiger partial charge in [0.25, 0.3) is 5.56 Å². The molecule has 0 fully saturated rings. The summed E-state index contributed by atoms with van der Waals surface area (Å²) in [4.78, 5) is 42.0. The SMILES string of the molecule is C[C@@H](C(=O)Nc1ccccc1-c1ccccc1)n1cnc2c1c(=O)n(C)c(=O)n2C. The molecule has 0 spiro atoms. The zero-order valence-corrected chi connectivity index (χ0v) is 16.9. The van der Waals surface area contributed by atoms with Gasteiger partial charge in [-0.3, -0.25) is 18.7 Å². The van der Waals surface area contributed by atoms with Gasteiger partial charge in [-0.2, -0.15) is 0 Å². The molecule has 0 radical (unpaired) electrons. The molecule has 0 saturated carbocycles. The van der Waals surface area contributed by atoms with E-state index in [2.05, 4.69) is 10.3 Å². The second kappa shape index (κ2) is 7.47. The Bertz CT molecular complexity index is 1370. The molecule has 0 aliphatic carbocycles.